The summed E-state index contributed by atoms with van der Waals surface area (Å²) < 4.78 is 6.37. The van der Waals surface area contributed by atoms with Crippen LogP contribution in [-0.2, 0) is 4.79 Å². The number of rotatable bonds is 5. The molecule has 0 unspecified atom stereocenters. The van der Waals surface area contributed by atoms with Crippen LogP contribution in [0.1, 0.15) is 19.4 Å². The highest BCUT2D eigenvalue weighted by Gasteiger charge is 2.01. The molecule has 1 N–H and O–H groups in total. The van der Waals surface area contributed by atoms with Gasteiger partial charge in [0.2, 0.25) is 0 Å². The minimum Gasteiger partial charge on any atom is -0.488 e. The van der Waals surface area contributed by atoms with Crippen LogP contribution >= 0.6 is 15.9 Å². The Morgan fingerprint density at radius 3 is 2.72 bits per heavy atom. The molecule has 96 valence electrons. The molecule has 0 aliphatic rings. The predicted octanol–water partition coefficient (Wildman–Crippen LogP) is 3.89. The molecular formula is C14H15BrO3. The van der Waals surface area contributed by atoms with E-state index in [1.807, 2.05) is 38.1 Å². The zero-order chi connectivity index (χ0) is 13.5. The van der Waals surface area contributed by atoms with Gasteiger partial charge < -0.3 is 9.84 Å². The maximum atomic E-state index is 10.4. The molecular weight excluding hydrogens is 296 g/mol. The molecule has 0 heterocycles. The van der Waals surface area contributed by atoms with E-state index in [-0.39, 0.29) is 0 Å². The van der Waals surface area contributed by atoms with Crippen LogP contribution in [0.3, 0.4) is 0 Å². The summed E-state index contributed by atoms with van der Waals surface area (Å²) in [7, 11) is 0. The number of halogens is 1. The van der Waals surface area contributed by atoms with Crippen molar-refractivity contribution in [3.05, 3.63) is 46.0 Å². The van der Waals surface area contributed by atoms with Crippen molar-refractivity contribution in [1.29, 1.82) is 0 Å². The Morgan fingerprint density at radius 1 is 1.44 bits per heavy atom. The van der Waals surface area contributed by atoms with E-state index in [1.54, 1.807) is 0 Å². The average Bonchev–Trinajstić information content (AvgIpc) is 2.28. The molecule has 0 bridgehead atoms. The van der Waals surface area contributed by atoms with E-state index in [4.69, 9.17) is 9.84 Å². The molecule has 0 amide bonds. The maximum absolute atomic E-state index is 10.4. The second kappa shape index (κ2) is 7.01. The molecule has 0 aliphatic heterocycles. The first kappa shape index (κ1) is 14.5. The Labute approximate surface area is 115 Å². The first-order valence-electron chi connectivity index (χ1n) is 5.46. The number of hydrogen-bond donors (Lipinski definition) is 1. The molecule has 0 spiro atoms. The fourth-order valence-corrected chi connectivity index (χ4v) is 1.71. The highest BCUT2D eigenvalue weighted by molar-refractivity contribution is 9.10. The Hall–Kier alpha value is -1.55. The first-order valence-corrected chi connectivity index (χ1v) is 6.25. The van der Waals surface area contributed by atoms with E-state index in [9.17, 15) is 4.79 Å². The molecule has 1 aromatic carbocycles. The summed E-state index contributed by atoms with van der Waals surface area (Å²) in [4.78, 5) is 10.4. The lowest BCUT2D eigenvalue weighted by molar-refractivity contribution is -0.131. The molecule has 1 aromatic rings. The fraction of sp³-hybridized carbons (Fsp3) is 0.214. The van der Waals surface area contributed by atoms with Crippen LogP contribution in [0.2, 0.25) is 0 Å². The molecule has 0 saturated heterocycles. The van der Waals surface area contributed by atoms with E-state index in [2.05, 4.69) is 15.9 Å². The van der Waals surface area contributed by atoms with Gasteiger partial charge in [0.1, 0.15) is 12.4 Å². The first-order chi connectivity index (χ1) is 8.49. The SMILES string of the molecule is CC(C)=CCOc1ccc(/C=C/C(=O)O)cc1Br. The zero-order valence-corrected chi connectivity index (χ0v) is 11.9. The minimum absolute atomic E-state index is 0.519. The third-order valence-electron chi connectivity index (χ3n) is 2.10. The summed E-state index contributed by atoms with van der Waals surface area (Å²) in [5.74, 6) is -0.227. The van der Waals surface area contributed by atoms with Crippen LogP contribution in [0.5, 0.6) is 5.75 Å². The summed E-state index contributed by atoms with van der Waals surface area (Å²) in [6.07, 6.45) is 4.63. The van der Waals surface area contributed by atoms with Crippen LogP contribution in [0.15, 0.2) is 40.4 Å². The van der Waals surface area contributed by atoms with Crippen LogP contribution in [0.4, 0.5) is 0 Å². The second-order valence-electron chi connectivity index (χ2n) is 3.95. The monoisotopic (exact) mass is 310 g/mol. The third-order valence-corrected chi connectivity index (χ3v) is 2.72. The van der Waals surface area contributed by atoms with Crippen molar-refractivity contribution in [3.63, 3.8) is 0 Å². The molecule has 3 nitrogen and oxygen atoms in total. The van der Waals surface area contributed by atoms with Gasteiger partial charge in [-0.2, -0.15) is 0 Å². The normalized spacial score (nSPS) is 10.4. The molecule has 1 rings (SSSR count). The maximum Gasteiger partial charge on any atom is 0.328 e. The summed E-state index contributed by atoms with van der Waals surface area (Å²) in [5.41, 5.74) is 2.01. The van der Waals surface area contributed by atoms with Crippen LogP contribution in [-0.4, -0.2) is 17.7 Å². The van der Waals surface area contributed by atoms with Crippen LogP contribution in [0, 0.1) is 0 Å². The molecule has 0 saturated carbocycles. The molecule has 0 aliphatic carbocycles. The van der Waals surface area contributed by atoms with Crippen molar-refractivity contribution in [2.45, 2.75) is 13.8 Å². The lowest BCUT2D eigenvalue weighted by Crippen LogP contribution is -1.95. The van der Waals surface area contributed by atoms with Gasteiger partial charge in [-0.05, 0) is 59.6 Å². The highest BCUT2D eigenvalue weighted by Crippen LogP contribution is 2.26. The number of ether oxygens (including phenoxy) is 1. The van der Waals surface area contributed by atoms with Gasteiger partial charge in [0, 0.05) is 6.08 Å². The number of aliphatic carboxylic acids is 1. The van der Waals surface area contributed by atoms with Gasteiger partial charge in [0.15, 0.2) is 0 Å². The van der Waals surface area contributed by atoms with E-state index in [0.29, 0.717) is 6.61 Å². The van der Waals surface area contributed by atoms with Crippen LogP contribution in [0.25, 0.3) is 6.08 Å². The molecule has 4 heteroatoms. The predicted molar refractivity (Wildman–Crippen MR) is 75.7 cm³/mol. The molecule has 0 fully saturated rings. The van der Waals surface area contributed by atoms with Crippen molar-refractivity contribution in [2.24, 2.45) is 0 Å². The summed E-state index contributed by atoms with van der Waals surface area (Å²) in [6.45, 7) is 4.54. The van der Waals surface area contributed by atoms with Gasteiger partial charge in [-0.3, -0.25) is 0 Å². The number of carboxylic acid groups (broad SMARTS) is 1. The van der Waals surface area contributed by atoms with Crippen molar-refractivity contribution >= 4 is 28.0 Å². The number of benzene rings is 1. The fourth-order valence-electron chi connectivity index (χ4n) is 1.20. The number of hydrogen-bond acceptors (Lipinski definition) is 2. The van der Waals surface area contributed by atoms with Gasteiger partial charge in [-0.25, -0.2) is 4.79 Å². The van der Waals surface area contributed by atoms with E-state index < -0.39 is 5.97 Å². The number of allylic oxidation sites excluding steroid dienone is 1. The smallest absolute Gasteiger partial charge is 0.328 e. The molecule has 0 radical (unpaired) electrons. The Bertz CT molecular complexity index is 486. The highest BCUT2D eigenvalue weighted by atomic mass is 79.9. The average molecular weight is 311 g/mol. The third kappa shape index (κ3) is 5.19. The molecule has 0 aromatic heterocycles. The van der Waals surface area contributed by atoms with Gasteiger partial charge in [-0.15, -0.1) is 0 Å². The Morgan fingerprint density at radius 2 is 2.17 bits per heavy atom. The summed E-state index contributed by atoms with van der Waals surface area (Å²) in [6, 6.07) is 5.43. The lowest BCUT2D eigenvalue weighted by Gasteiger charge is -2.06. The Balaban J connectivity index is 2.73. The van der Waals surface area contributed by atoms with E-state index in [1.165, 1.54) is 11.6 Å². The minimum atomic E-state index is -0.963. The van der Waals surface area contributed by atoms with E-state index >= 15 is 0 Å². The Kier molecular flexibility index (Phi) is 5.65. The van der Waals surface area contributed by atoms with E-state index in [0.717, 1.165) is 21.9 Å². The quantitative estimate of drug-likeness (QED) is 0.663. The summed E-state index contributed by atoms with van der Waals surface area (Å²) in [5, 5.41) is 8.54. The molecule has 0 atom stereocenters. The number of carbonyl (C=O) groups is 1. The van der Waals surface area contributed by atoms with Crippen molar-refractivity contribution < 1.29 is 14.6 Å². The van der Waals surface area contributed by atoms with Crippen molar-refractivity contribution in [1.82, 2.24) is 0 Å². The second-order valence-corrected chi connectivity index (χ2v) is 4.81. The number of carboxylic acids is 1. The van der Waals surface area contributed by atoms with Gasteiger partial charge >= 0.3 is 5.97 Å². The standard InChI is InChI=1S/C14H15BrO3/c1-10(2)7-8-18-13-5-3-11(9-12(13)15)4-6-14(16)17/h3-7,9H,8H2,1-2H3,(H,16,17)/b6-4+. The largest absolute Gasteiger partial charge is 0.488 e. The zero-order valence-electron chi connectivity index (χ0n) is 10.3. The lowest BCUT2D eigenvalue weighted by atomic mass is 10.2. The van der Waals surface area contributed by atoms with Gasteiger partial charge in [-0.1, -0.05) is 11.6 Å². The molecule has 18 heavy (non-hydrogen) atoms. The van der Waals surface area contributed by atoms with Crippen molar-refractivity contribution in [3.8, 4) is 5.75 Å². The van der Waals surface area contributed by atoms with Gasteiger partial charge in [0.05, 0.1) is 4.47 Å². The van der Waals surface area contributed by atoms with Crippen LogP contribution < -0.4 is 4.74 Å². The van der Waals surface area contributed by atoms with Gasteiger partial charge in [0.25, 0.3) is 0 Å². The van der Waals surface area contributed by atoms with Crippen molar-refractivity contribution in [2.75, 3.05) is 6.61 Å². The topological polar surface area (TPSA) is 46.5 Å². The summed E-state index contributed by atoms with van der Waals surface area (Å²) >= 11 is 3.39.